The van der Waals surface area contributed by atoms with E-state index < -0.39 is 0 Å². The Hall–Kier alpha value is -6.84. The van der Waals surface area contributed by atoms with Crippen LogP contribution in [0.3, 0.4) is 0 Å². The molecule has 0 bridgehead atoms. The first-order valence-electron chi connectivity index (χ1n) is 17.4. The summed E-state index contributed by atoms with van der Waals surface area (Å²) >= 11 is 0. The van der Waals surface area contributed by atoms with E-state index in [1.807, 2.05) is 12.1 Å². The third-order valence-electron chi connectivity index (χ3n) is 10.0. The van der Waals surface area contributed by atoms with Gasteiger partial charge in [0.15, 0.2) is 0 Å². The number of fused-ring (bicyclic) bond motifs is 6. The molecule has 8 aromatic carbocycles. The Bertz CT molecular complexity index is 2830. The molecule has 0 fully saturated rings. The van der Waals surface area contributed by atoms with Crippen molar-refractivity contribution in [3.8, 4) is 27.9 Å². The predicted molar refractivity (Wildman–Crippen MR) is 214 cm³/mol. The third-order valence-corrected chi connectivity index (χ3v) is 10.0. The van der Waals surface area contributed by atoms with Crippen LogP contribution in [0.15, 0.2) is 199 Å². The number of rotatable bonds is 6. The van der Waals surface area contributed by atoms with Gasteiger partial charge < -0.3 is 13.9 Å². The van der Waals surface area contributed by atoms with E-state index in [9.17, 15) is 0 Å². The van der Waals surface area contributed by atoms with Gasteiger partial charge in [0.1, 0.15) is 11.2 Å². The van der Waals surface area contributed by atoms with Crippen molar-refractivity contribution in [3.05, 3.63) is 194 Å². The molecule has 3 nitrogen and oxygen atoms in total. The first kappa shape index (κ1) is 29.1. The van der Waals surface area contributed by atoms with Gasteiger partial charge in [0.2, 0.25) is 0 Å². The minimum Gasteiger partial charge on any atom is -0.455 e. The third kappa shape index (κ3) is 4.90. The van der Waals surface area contributed by atoms with Crippen LogP contribution in [0.4, 0.5) is 17.1 Å². The maximum Gasteiger partial charge on any atom is 0.143 e. The first-order chi connectivity index (χ1) is 25.3. The summed E-state index contributed by atoms with van der Waals surface area (Å²) in [6, 6.07) is 69.1. The Labute approximate surface area is 295 Å². The number of aromatic nitrogens is 1. The average Bonchev–Trinajstić information content (AvgIpc) is 3.75. The van der Waals surface area contributed by atoms with Gasteiger partial charge in [0.05, 0.1) is 11.0 Å². The number of hydrogen-bond acceptors (Lipinski definition) is 2. The molecule has 3 heteroatoms. The van der Waals surface area contributed by atoms with Crippen LogP contribution in [-0.4, -0.2) is 4.57 Å². The lowest BCUT2D eigenvalue weighted by Gasteiger charge is -2.26. The van der Waals surface area contributed by atoms with Crippen LogP contribution in [0.5, 0.6) is 0 Å². The highest BCUT2D eigenvalue weighted by atomic mass is 16.3. The molecule has 0 N–H and O–H groups in total. The monoisotopic (exact) mass is 652 g/mol. The topological polar surface area (TPSA) is 21.3 Å². The molecule has 51 heavy (non-hydrogen) atoms. The molecule has 240 valence electrons. The Morgan fingerprint density at radius 1 is 0.373 bits per heavy atom. The van der Waals surface area contributed by atoms with Crippen LogP contribution in [0.25, 0.3) is 71.7 Å². The Morgan fingerprint density at radius 3 is 1.71 bits per heavy atom. The Balaban J connectivity index is 1.12. The molecule has 0 amide bonds. The summed E-state index contributed by atoms with van der Waals surface area (Å²) in [6.07, 6.45) is 0. The predicted octanol–water partition coefficient (Wildman–Crippen LogP) is 13.5. The van der Waals surface area contributed by atoms with E-state index >= 15 is 0 Å². The molecule has 0 radical (unpaired) electrons. The molecule has 0 aliphatic rings. The first-order valence-corrected chi connectivity index (χ1v) is 17.4. The van der Waals surface area contributed by atoms with E-state index in [1.165, 1.54) is 32.9 Å². The van der Waals surface area contributed by atoms with Gasteiger partial charge in [0.25, 0.3) is 0 Å². The Kier molecular flexibility index (Phi) is 6.81. The minimum absolute atomic E-state index is 0.908. The highest BCUT2D eigenvalue weighted by molar-refractivity contribution is 6.11. The summed E-state index contributed by atoms with van der Waals surface area (Å²) in [4.78, 5) is 2.36. The Morgan fingerprint density at radius 2 is 0.941 bits per heavy atom. The molecule has 0 aliphatic heterocycles. The van der Waals surface area contributed by atoms with E-state index in [0.29, 0.717) is 0 Å². The van der Waals surface area contributed by atoms with E-state index in [4.69, 9.17) is 4.42 Å². The molecule has 0 spiro atoms. The molecule has 10 aromatic rings. The van der Waals surface area contributed by atoms with Gasteiger partial charge >= 0.3 is 0 Å². The van der Waals surface area contributed by atoms with E-state index in [2.05, 4.69) is 191 Å². The standard InChI is InChI=1S/C48H32N2O/c1-3-12-33(13-4-1)34-22-26-37(27-23-34)49(38-28-24-35(25-29-38)40-18-11-19-43-42-17-8-10-21-47(42)51-48(40)43)39-30-31-46-44(32-39)41-16-7-9-20-45(41)50(46)36-14-5-2-6-15-36/h1-32H. The van der Waals surface area contributed by atoms with Gasteiger partial charge in [-0.25, -0.2) is 0 Å². The quantitative estimate of drug-likeness (QED) is 0.178. The molecule has 0 atom stereocenters. The van der Waals surface area contributed by atoms with Crippen molar-refractivity contribution >= 4 is 60.8 Å². The summed E-state index contributed by atoms with van der Waals surface area (Å²) < 4.78 is 8.76. The molecule has 0 aliphatic carbocycles. The zero-order valence-corrected chi connectivity index (χ0v) is 27.8. The summed E-state index contributed by atoms with van der Waals surface area (Å²) in [5.74, 6) is 0. The SMILES string of the molecule is c1ccc(-c2ccc(N(c3ccc(-c4cccc5c4oc4ccccc45)cc3)c3ccc4c(c3)c3ccccc3n4-c3ccccc3)cc2)cc1. The minimum atomic E-state index is 0.908. The molecular weight excluding hydrogens is 621 g/mol. The lowest BCUT2D eigenvalue weighted by molar-refractivity contribution is 0.670. The molecular formula is C48H32N2O. The molecule has 0 unspecified atom stereocenters. The van der Waals surface area contributed by atoms with Crippen LogP contribution >= 0.6 is 0 Å². The number of hydrogen-bond donors (Lipinski definition) is 0. The normalized spacial score (nSPS) is 11.5. The number of para-hydroxylation sites is 4. The van der Waals surface area contributed by atoms with Gasteiger partial charge in [-0.15, -0.1) is 0 Å². The van der Waals surface area contributed by atoms with Crippen molar-refractivity contribution in [2.45, 2.75) is 0 Å². The largest absolute Gasteiger partial charge is 0.455 e. The smallest absolute Gasteiger partial charge is 0.143 e. The van der Waals surface area contributed by atoms with E-state index in [-0.39, 0.29) is 0 Å². The highest BCUT2D eigenvalue weighted by Gasteiger charge is 2.18. The number of anilines is 3. The van der Waals surface area contributed by atoms with Crippen LogP contribution in [0.2, 0.25) is 0 Å². The molecule has 0 saturated heterocycles. The molecule has 10 rings (SSSR count). The van der Waals surface area contributed by atoms with Crippen molar-refractivity contribution in [1.29, 1.82) is 0 Å². The lowest BCUT2D eigenvalue weighted by Crippen LogP contribution is -2.10. The zero-order valence-electron chi connectivity index (χ0n) is 27.8. The van der Waals surface area contributed by atoms with Crippen LogP contribution < -0.4 is 4.90 Å². The second-order valence-electron chi connectivity index (χ2n) is 13.0. The fourth-order valence-electron chi connectivity index (χ4n) is 7.60. The summed E-state index contributed by atoms with van der Waals surface area (Å²) in [6.45, 7) is 0. The van der Waals surface area contributed by atoms with Gasteiger partial charge in [-0.2, -0.15) is 0 Å². The van der Waals surface area contributed by atoms with Crippen molar-refractivity contribution in [3.63, 3.8) is 0 Å². The number of benzene rings is 8. The summed E-state index contributed by atoms with van der Waals surface area (Å²) in [5, 5.41) is 4.72. The molecule has 2 aromatic heterocycles. The number of furan rings is 1. The maximum atomic E-state index is 6.40. The van der Waals surface area contributed by atoms with Crippen molar-refractivity contribution in [1.82, 2.24) is 4.57 Å². The fourth-order valence-corrected chi connectivity index (χ4v) is 7.60. The summed E-state index contributed by atoms with van der Waals surface area (Å²) in [5.41, 5.74) is 13.2. The van der Waals surface area contributed by atoms with Crippen molar-refractivity contribution < 1.29 is 4.42 Å². The second-order valence-corrected chi connectivity index (χ2v) is 13.0. The van der Waals surface area contributed by atoms with Gasteiger partial charge in [-0.05, 0) is 83.4 Å². The van der Waals surface area contributed by atoms with E-state index in [1.54, 1.807) is 0 Å². The molecule has 2 heterocycles. The highest BCUT2D eigenvalue weighted by Crippen LogP contribution is 2.42. The summed E-state index contributed by atoms with van der Waals surface area (Å²) in [7, 11) is 0. The van der Waals surface area contributed by atoms with Crippen molar-refractivity contribution in [2.24, 2.45) is 0 Å². The van der Waals surface area contributed by atoms with E-state index in [0.717, 1.165) is 55.8 Å². The zero-order chi connectivity index (χ0) is 33.7. The van der Waals surface area contributed by atoms with Crippen LogP contribution in [-0.2, 0) is 0 Å². The van der Waals surface area contributed by atoms with Crippen LogP contribution in [0, 0.1) is 0 Å². The van der Waals surface area contributed by atoms with Gasteiger partial charge in [-0.3, -0.25) is 0 Å². The average molecular weight is 653 g/mol. The fraction of sp³-hybridized carbons (Fsp3) is 0. The van der Waals surface area contributed by atoms with Gasteiger partial charge in [-0.1, -0.05) is 127 Å². The van der Waals surface area contributed by atoms with Gasteiger partial charge in [0, 0.05) is 49.9 Å². The molecule has 0 saturated carbocycles. The van der Waals surface area contributed by atoms with Crippen LogP contribution in [0.1, 0.15) is 0 Å². The lowest BCUT2D eigenvalue weighted by atomic mass is 10.0. The van der Waals surface area contributed by atoms with Crippen molar-refractivity contribution in [2.75, 3.05) is 4.90 Å². The maximum absolute atomic E-state index is 6.40. The second kappa shape index (κ2) is 11.9. The number of nitrogens with zero attached hydrogens (tertiary/aromatic N) is 2.